The summed E-state index contributed by atoms with van der Waals surface area (Å²) in [4.78, 5) is 73.0. The summed E-state index contributed by atoms with van der Waals surface area (Å²) >= 11 is 0. The molecular weight excluding hydrogens is 1350 g/mol. The zero-order valence-corrected chi connectivity index (χ0v) is 67.5. The third-order valence-corrected chi connectivity index (χ3v) is 19.1. The predicted molar refractivity (Wildman–Crippen MR) is 427 cm³/mol. The number of unbranched alkanes of at least 4 members (excludes halogenated alkanes) is 33. The Kier molecular flexibility index (Phi) is 73.7. The Morgan fingerprint density at radius 2 is 0.490 bits per heavy atom. The van der Waals surface area contributed by atoms with E-state index in [2.05, 4.69) is 125 Å². The van der Waals surface area contributed by atoms with E-state index in [1.807, 2.05) is 12.2 Å². The first-order valence-electron chi connectivity index (χ1n) is 41.1. The molecule has 0 aromatic rings. The Morgan fingerprint density at radius 3 is 0.808 bits per heavy atom. The maximum atomic E-state index is 13.1. The molecule has 0 bridgehead atoms. The topological polar surface area (TPSA) is 237 Å². The first kappa shape index (κ1) is 99.7. The number of phosphoric acid groups is 2. The van der Waals surface area contributed by atoms with Gasteiger partial charge in [-0.25, -0.2) is 9.13 Å². The molecule has 0 heterocycles. The second-order valence-electron chi connectivity index (χ2n) is 27.3. The van der Waals surface area contributed by atoms with E-state index in [1.54, 1.807) is 0 Å². The van der Waals surface area contributed by atoms with Crippen LogP contribution >= 0.6 is 15.6 Å². The fourth-order valence-electron chi connectivity index (χ4n) is 10.9. The predicted octanol–water partition coefficient (Wildman–Crippen LogP) is 24.1. The molecule has 0 aliphatic heterocycles. The monoisotopic (exact) mass is 1500 g/mol. The lowest BCUT2D eigenvalue weighted by Crippen LogP contribution is -2.30. The number of carbonyl (C=O) groups is 4. The summed E-state index contributed by atoms with van der Waals surface area (Å²) in [6, 6.07) is 0. The van der Waals surface area contributed by atoms with Gasteiger partial charge in [0.15, 0.2) is 12.2 Å². The van der Waals surface area contributed by atoms with Crippen molar-refractivity contribution in [2.45, 2.75) is 367 Å². The highest BCUT2D eigenvalue weighted by Crippen LogP contribution is 2.45. The summed E-state index contributed by atoms with van der Waals surface area (Å²) < 4.78 is 68.6. The summed E-state index contributed by atoms with van der Waals surface area (Å²) in [5.41, 5.74) is 0. The molecule has 5 atom stereocenters. The molecule has 0 aliphatic rings. The summed E-state index contributed by atoms with van der Waals surface area (Å²) in [5, 5.41) is 10.6. The van der Waals surface area contributed by atoms with Gasteiger partial charge in [-0.1, -0.05) is 285 Å². The fourth-order valence-corrected chi connectivity index (χ4v) is 12.4. The van der Waals surface area contributed by atoms with Crippen LogP contribution in [0.3, 0.4) is 0 Å². The van der Waals surface area contributed by atoms with Gasteiger partial charge >= 0.3 is 39.5 Å². The van der Waals surface area contributed by atoms with Crippen molar-refractivity contribution >= 4 is 39.5 Å². The van der Waals surface area contributed by atoms with Crippen molar-refractivity contribution in [3.63, 3.8) is 0 Å². The van der Waals surface area contributed by atoms with E-state index in [1.165, 1.54) is 116 Å². The molecule has 2 unspecified atom stereocenters. The van der Waals surface area contributed by atoms with E-state index >= 15 is 0 Å². The van der Waals surface area contributed by atoms with Gasteiger partial charge in [-0.15, -0.1) is 0 Å². The Bertz CT molecular complexity index is 2390. The van der Waals surface area contributed by atoms with Gasteiger partial charge in [-0.3, -0.25) is 37.3 Å². The van der Waals surface area contributed by atoms with Crippen LogP contribution in [0, 0.1) is 0 Å². The number of hydrogen-bond donors (Lipinski definition) is 3. The lowest BCUT2D eigenvalue weighted by atomic mass is 10.1. The molecule has 0 aliphatic carbocycles. The number of aliphatic hydroxyl groups excluding tert-OH is 1. The molecule has 0 rings (SSSR count). The Morgan fingerprint density at radius 1 is 0.269 bits per heavy atom. The molecule has 600 valence electrons. The van der Waals surface area contributed by atoms with Crippen LogP contribution in [-0.2, 0) is 65.4 Å². The zero-order valence-electron chi connectivity index (χ0n) is 65.7. The highest BCUT2D eigenvalue weighted by atomic mass is 31.2. The molecule has 0 aromatic heterocycles. The third kappa shape index (κ3) is 75.9. The normalized spacial score (nSPS) is 14.4. The number of hydrogen-bond acceptors (Lipinski definition) is 15. The smallest absolute Gasteiger partial charge is 0.462 e. The summed E-state index contributed by atoms with van der Waals surface area (Å²) in [6.07, 6.45) is 83.6. The van der Waals surface area contributed by atoms with E-state index in [4.69, 9.17) is 37.0 Å². The molecule has 0 radical (unpaired) electrons. The summed E-state index contributed by atoms with van der Waals surface area (Å²) in [5.74, 6) is -2.29. The molecule has 0 saturated carbocycles. The molecule has 19 heteroatoms. The number of allylic oxidation sites excluding steroid dienone is 18. The number of aliphatic hydroxyl groups is 1. The molecule has 0 fully saturated rings. The van der Waals surface area contributed by atoms with Gasteiger partial charge in [-0.05, 0) is 148 Å². The van der Waals surface area contributed by atoms with Crippen molar-refractivity contribution in [2.24, 2.45) is 0 Å². The van der Waals surface area contributed by atoms with Crippen molar-refractivity contribution < 1.29 is 80.2 Å². The van der Waals surface area contributed by atoms with E-state index in [-0.39, 0.29) is 25.7 Å². The largest absolute Gasteiger partial charge is 0.472 e. The highest BCUT2D eigenvalue weighted by Gasteiger charge is 2.30. The first-order chi connectivity index (χ1) is 50.7. The van der Waals surface area contributed by atoms with Gasteiger partial charge in [0.1, 0.15) is 19.3 Å². The molecule has 0 aromatic carbocycles. The SMILES string of the molecule is CCCCC/C=C\C/C=C\C/C=C\C/C=C\C/C=C\CCC(=O)OC[C@H](COP(=O)(O)OC[C@@H](O)COP(=O)(O)OC[C@@H](COC(=O)CCCCCCC/C=C\CCCCCCCC)OC(=O)CCCCCCC/C=C\CCCCCCCC)OC(=O)CCCCCCC/C=C\C/C=C\CCCCC. The van der Waals surface area contributed by atoms with Gasteiger partial charge in [0.05, 0.1) is 26.4 Å². The number of ether oxygens (including phenoxy) is 4. The van der Waals surface area contributed by atoms with Crippen molar-refractivity contribution in [1.82, 2.24) is 0 Å². The Balaban J connectivity index is 5.44. The van der Waals surface area contributed by atoms with E-state index in [0.717, 1.165) is 148 Å². The Hall–Kier alpha value is -4.28. The van der Waals surface area contributed by atoms with Crippen LogP contribution in [0.15, 0.2) is 109 Å². The van der Waals surface area contributed by atoms with Crippen molar-refractivity contribution in [1.29, 1.82) is 0 Å². The van der Waals surface area contributed by atoms with Crippen LogP contribution < -0.4 is 0 Å². The fraction of sp³-hybridized carbons (Fsp3) is 0.741. The molecule has 17 nitrogen and oxygen atoms in total. The van der Waals surface area contributed by atoms with Gasteiger partial charge in [-0.2, -0.15) is 0 Å². The second-order valence-corrected chi connectivity index (χ2v) is 30.3. The van der Waals surface area contributed by atoms with Crippen molar-refractivity contribution in [3.05, 3.63) is 109 Å². The lowest BCUT2D eigenvalue weighted by Gasteiger charge is -2.21. The minimum absolute atomic E-state index is 0.0338. The van der Waals surface area contributed by atoms with Gasteiger partial charge in [0.2, 0.25) is 0 Å². The number of rotatable bonds is 77. The van der Waals surface area contributed by atoms with Crippen LogP contribution in [-0.4, -0.2) is 96.7 Å². The standard InChI is InChI=1S/C85H148O17P2/c1-5-9-13-17-21-25-29-33-37-38-39-40-44-46-50-54-58-62-66-70-83(88)96-76-81(102-85(90)72-68-64-60-56-52-48-43-36-32-28-24-20-16-12-8-4)78-100-104(93,94)98-74-79(86)73-97-103(91,92)99-77-80(101-84(89)71-67-63-59-55-51-47-42-35-31-27-23-19-15-11-7-3)75-95-82(87)69-65-61-57-53-49-45-41-34-30-26-22-18-14-10-6-2/h21,24-25,28,33-37,39-43,46,50,58,62,79-81,86H,5-20,22-23,26-27,29-32,38,44-45,47-49,51-57,59-61,63-78H2,1-4H3,(H,91,92)(H,93,94)/b25-21-,28-24-,37-33-,40-39-,41-34-,42-35-,43-36-,50-46-,62-58-/t79-,80+,81+/m0/s1. The van der Waals surface area contributed by atoms with E-state index in [0.29, 0.717) is 32.1 Å². The lowest BCUT2D eigenvalue weighted by molar-refractivity contribution is -0.161. The molecule has 104 heavy (non-hydrogen) atoms. The van der Waals surface area contributed by atoms with Crippen molar-refractivity contribution in [3.8, 4) is 0 Å². The highest BCUT2D eigenvalue weighted by molar-refractivity contribution is 7.47. The summed E-state index contributed by atoms with van der Waals surface area (Å²) in [6.45, 7) is 4.73. The minimum atomic E-state index is -5.00. The molecule has 0 amide bonds. The second kappa shape index (κ2) is 76.9. The molecule has 3 N–H and O–H groups in total. The summed E-state index contributed by atoms with van der Waals surface area (Å²) in [7, 11) is -9.98. The van der Waals surface area contributed by atoms with Gasteiger partial charge in [0.25, 0.3) is 0 Å². The maximum Gasteiger partial charge on any atom is 0.472 e. The number of phosphoric ester groups is 2. The average Bonchev–Trinajstić information content (AvgIpc) is 0.918. The van der Waals surface area contributed by atoms with Gasteiger partial charge in [0, 0.05) is 25.7 Å². The first-order valence-corrected chi connectivity index (χ1v) is 44.1. The maximum absolute atomic E-state index is 13.1. The van der Waals surface area contributed by atoms with Crippen LogP contribution in [0.25, 0.3) is 0 Å². The van der Waals surface area contributed by atoms with Gasteiger partial charge < -0.3 is 33.8 Å². The Labute approximate surface area is 632 Å². The zero-order chi connectivity index (χ0) is 76.0. The molecule has 0 saturated heterocycles. The van der Waals surface area contributed by atoms with Crippen LogP contribution in [0.5, 0.6) is 0 Å². The van der Waals surface area contributed by atoms with Crippen molar-refractivity contribution in [2.75, 3.05) is 39.6 Å². The minimum Gasteiger partial charge on any atom is -0.462 e. The third-order valence-electron chi connectivity index (χ3n) is 17.2. The number of esters is 4. The molecular formula is C85H148O17P2. The van der Waals surface area contributed by atoms with Crippen LogP contribution in [0.4, 0.5) is 0 Å². The average molecular weight is 1500 g/mol. The van der Waals surface area contributed by atoms with Crippen LogP contribution in [0.1, 0.15) is 349 Å². The molecule has 0 spiro atoms. The van der Waals surface area contributed by atoms with E-state index in [9.17, 15) is 43.2 Å². The van der Waals surface area contributed by atoms with E-state index < -0.39 is 97.5 Å². The number of carbonyl (C=O) groups excluding carboxylic acids is 4. The van der Waals surface area contributed by atoms with Crippen LogP contribution in [0.2, 0.25) is 0 Å². The quantitative estimate of drug-likeness (QED) is 0.0169.